The summed E-state index contributed by atoms with van der Waals surface area (Å²) in [6, 6.07) is 7.14. The Morgan fingerprint density at radius 2 is 2.35 bits per heavy atom. The van der Waals surface area contributed by atoms with Gasteiger partial charge in [-0.2, -0.15) is 5.26 Å². The first-order valence-corrected chi connectivity index (χ1v) is 6.71. The molecule has 20 heavy (non-hydrogen) atoms. The predicted octanol–water partition coefficient (Wildman–Crippen LogP) is 1.64. The van der Waals surface area contributed by atoms with E-state index in [2.05, 4.69) is 5.32 Å². The summed E-state index contributed by atoms with van der Waals surface area (Å²) in [5, 5.41) is 11.6. The van der Waals surface area contributed by atoms with Gasteiger partial charge in [0.15, 0.2) is 6.61 Å². The van der Waals surface area contributed by atoms with E-state index in [-0.39, 0.29) is 25.0 Å². The SMILES string of the molecule is CC(N)Cc1cc(Cl)ccc1OCC(=O)NCCC#N. The molecule has 1 aromatic rings. The molecule has 0 fully saturated rings. The smallest absolute Gasteiger partial charge is 0.257 e. The number of nitriles is 1. The molecular formula is C14H18ClN3O2. The van der Waals surface area contributed by atoms with E-state index in [0.29, 0.717) is 23.7 Å². The minimum absolute atomic E-state index is 0.0275. The van der Waals surface area contributed by atoms with Gasteiger partial charge in [0, 0.05) is 17.6 Å². The third kappa shape index (κ3) is 5.91. The molecule has 108 valence electrons. The van der Waals surface area contributed by atoms with Crippen LogP contribution in [0.2, 0.25) is 5.02 Å². The number of nitrogens with two attached hydrogens (primary N) is 1. The van der Waals surface area contributed by atoms with Crippen LogP contribution in [0.25, 0.3) is 0 Å². The highest BCUT2D eigenvalue weighted by Crippen LogP contribution is 2.24. The zero-order chi connectivity index (χ0) is 15.0. The summed E-state index contributed by atoms with van der Waals surface area (Å²) >= 11 is 5.94. The lowest BCUT2D eigenvalue weighted by Gasteiger charge is -2.13. The van der Waals surface area contributed by atoms with Crippen molar-refractivity contribution < 1.29 is 9.53 Å². The molecule has 0 spiro atoms. The van der Waals surface area contributed by atoms with Crippen LogP contribution in [0.1, 0.15) is 18.9 Å². The molecule has 0 aromatic heterocycles. The molecule has 0 radical (unpaired) electrons. The zero-order valence-corrected chi connectivity index (χ0v) is 12.1. The van der Waals surface area contributed by atoms with Gasteiger partial charge in [0.25, 0.3) is 5.91 Å². The second-order valence-corrected chi connectivity index (χ2v) is 4.92. The average Bonchev–Trinajstić information content (AvgIpc) is 2.37. The summed E-state index contributed by atoms with van der Waals surface area (Å²) in [7, 11) is 0. The van der Waals surface area contributed by atoms with Crippen LogP contribution >= 0.6 is 11.6 Å². The van der Waals surface area contributed by atoms with Crippen molar-refractivity contribution in [3.63, 3.8) is 0 Å². The van der Waals surface area contributed by atoms with Crippen molar-refractivity contribution in [1.29, 1.82) is 5.26 Å². The number of amides is 1. The topological polar surface area (TPSA) is 88.1 Å². The number of carbonyl (C=O) groups excluding carboxylic acids is 1. The Balaban J connectivity index is 2.58. The zero-order valence-electron chi connectivity index (χ0n) is 11.4. The molecular weight excluding hydrogens is 278 g/mol. The van der Waals surface area contributed by atoms with Gasteiger partial charge in [0.2, 0.25) is 0 Å². The van der Waals surface area contributed by atoms with Crippen LogP contribution in [0.4, 0.5) is 0 Å². The fourth-order valence-corrected chi connectivity index (χ4v) is 1.84. The third-order valence-electron chi connectivity index (χ3n) is 2.48. The van der Waals surface area contributed by atoms with E-state index >= 15 is 0 Å². The van der Waals surface area contributed by atoms with Crippen molar-refractivity contribution in [3.05, 3.63) is 28.8 Å². The number of nitrogens with zero attached hydrogens (tertiary/aromatic N) is 1. The molecule has 5 nitrogen and oxygen atoms in total. The minimum Gasteiger partial charge on any atom is -0.483 e. The van der Waals surface area contributed by atoms with Crippen LogP contribution in [0.3, 0.4) is 0 Å². The van der Waals surface area contributed by atoms with Gasteiger partial charge in [-0.3, -0.25) is 4.79 Å². The van der Waals surface area contributed by atoms with Gasteiger partial charge >= 0.3 is 0 Å². The van der Waals surface area contributed by atoms with Gasteiger partial charge in [0.05, 0.1) is 12.5 Å². The Bertz CT molecular complexity index is 498. The standard InChI is InChI=1S/C14H18ClN3O2/c1-10(17)7-11-8-12(15)3-4-13(11)20-9-14(19)18-6-2-5-16/h3-4,8,10H,2,6-7,9,17H2,1H3,(H,18,19). The fourth-order valence-electron chi connectivity index (χ4n) is 1.65. The minimum atomic E-state index is -0.262. The Morgan fingerprint density at radius 1 is 1.60 bits per heavy atom. The van der Waals surface area contributed by atoms with Gasteiger partial charge in [-0.05, 0) is 37.1 Å². The molecule has 0 heterocycles. The maximum Gasteiger partial charge on any atom is 0.257 e. The van der Waals surface area contributed by atoms with Gasteiger partial charge in [-0.25, -0.2) is 0 Å². The molecule has 0 saturated carbocycles. The van der Waals surface area contributed by atoms with E-state index < -0.39 is 0 Å². The molecule has 0 saturated heterocycles. The molecule has 1 atom stereocenters. The van der Waals surface area contributed by atoms with Crippen LogP contribution in [-0.4, -0.2) is 25.1 Å². The number of rotatable bonds is 7. The lowest BCUT2D eigenvalue weighted by atomic mass is 10.1. The van der Waals surface area contributed by atoms with E-state index in [4.69, 9.17) is 27.3 Å². The molecule has 1 rings (SSSR count). The van der Waals surface area contributed by atoms with Crippen molar-refractivity contribution in [1.82, 2.24) is 5.32 Å². The molecule has 3 N–H and O–H groups in total. The van der Waals surface area contributed by atoms with E-state index in [0.717, 1.165) is 5.56 Å². The monoisotopic (exact) mass is 295 g/mol. The maximum absolute atomic E-state index is 11.5. The van der Waals surface area contributed by atoms with Gasteiger partial charge in [-0.1, -0.05) is 11.6 Å². The molecule has 1 aromatic carbocycles. The fraction of sp³-hybridized carbons (Fsp3) is 0.429. The number of carbonyl (C=O) groups is 1. The molecule has 0 bridgehead atoms. The summed E-state index contributed by atoms with van der Waals surface area (Å²) < 4.78 is 5.48. The van der Waals surface area contributed by atoms with Crippen LogP contribution in [0, 0.1) is 11.3 Å². The quantitative estimate of drug-likeness (QED) is 0.749. The summed E-state index contributed by atoms with van der Waals surface area (Å²) in [4.78, 5) is 11.5. The van der Waals surface area contributed by atoms with Gasteiger partial charge in [0.1, 0.15) is 5.75 Å². The number of nitrogens with one attached hydrogen (secondary N) is 1. The summed E-state index contributed by atoms with van der Waals surface area (Å²) in [5.41, 5.74) is 6.64. The summed E-state index contributed by atoms with van der Waals surface area (Å²) in [6.45, 7) is 2.12. The molecule has 0 aliphatic heterocycles. The van der Waals surface area contributed by atoms with Crippen molar-refractivity contribution in [3.8, 4) is 11.8 Å². The van der Waals surface area contributed by atoms with Crippen molar-refractivity contribution >= 4 is 17.5 Å². The molecule has 1 amide bonds. The average molecular weight is 296 g/mol. The molecule has 1 unspecified atom stereocenters. The lowest BCUT2D eigenvalue weighted by Crippen LogP contribution is -2.29. The van der Waals surface area contributed by atoms with Crippen LogP contribution in [0.15, 0.2) is 18.2 Å². The van der Waals surface area contributed by atoms with Gasteiger partial charge in [-0.15, -0.1) is 0 Å². The van der Waals surface area contributed by atoms with E-state index in [1.165, 1.54) is 0 Å². The highest BCUT2D eigenvalue weighted by atomic mass is 35.5. The van der Waals surface area contributed by atoms with E-state index in [1.807, 2.05) is 13.0 Å². The number of benzene rings is 1. The normalized spacial score (nSPS) is 11.5. The highest BCUT2D eigenvalue weighted by molar-refractivity contribution is 6.30. The highest BCUT2D eigenvalue weighted by Gasteiger charge is 2.09. The van der Waals surface area contributed by atoms with Crippen molar-refractivity contribution in [2.45, 2.75) is 25.8 Å². The predicted molar refractivity (Wildman–Crippen MR) is 77.5 cm³/mol. The summed E-state index contributed by atoms with van der Waals surface area (Å²) in [6.07, 6.45) is 0.897. The van der Waals surface area contributed by atoms with E-state index in [9.17, 15) is 4.79 Å². The maximum atomic E-state index is 11.5. The molecule has 6 heteroatoms. The van der Waals surface area contributed by atoms with Gasteiger partial charge < -0.3 is 15.8 Å². The third-order valence-corrected chi connectivity index (χ3v) is 2.72. The van der Waals surface area contributed by atoms with E-state index in [1.54, 1.807) is 18.2 Å². The first-order valence-electron chi connectivity index (χ1n) is 6.33. The lowest BCUT2D eigenvalue weighted by molar-refractivity contribution is -0.123. The largest absolute Gasteiger partial charge is 0.483 e. The van der Waals surface area contributed by atoms with Crippen LogP contribution < -0.4 is 15.8 Å². The van der Waals surface area contributed by atoms with Crippen molar-refractivity contribution in [2.75, 3.05) is 13.2 Å². The number of ether oxygens (including phenoxy) is 1. The number of hydrogen-bond acceptors (Lipinski definition) is 4. The Labute approximate surface area is 123 Å². The Kier molecular flexibility index (Phi) is 6.85. The Morgan fingerprint density at radius 3 is 3.00 bits per heavy atom. The second kappa shape index (κ2) is 8.41. The Hall–Kier alpha value is -1.77. The number of halogens is 1. The van der Waals surface area contributed by atoms with Crippen LogP contribution in [0.5, 0.6) is 5.75 Å². The molecule has 0 aliphatic rings. The van der Waals surface area contributed by atoms with Crippen molar-refractivity contribution in [2.24, 2.45) is 5.73 Å². The first-order chi connectivity index (χ1) is 9.52. The first kappa shape index (κ1) is 16.3. The summed E-state index contributed by atoms with van der Waals surface area (Å²) in [5.74, 6) is 0.337. The van der Waals surface area contributed by atoms with Crippen LogP contribution in [-0.2, 0) is 11.2 Å². The second-order valence-electron chi connectivity index (χ2n) is 4.48. The molecule has 0 aliphatic carbocycles. The number of hydrogen-bond donors (Lipinski definition) is 2.